The lowest BCUT2D eigenvalue weighted by Gasteiger charge is -2.26. The summed E-state index contributed by atoms with van der Waals surface area (Å²) in [6.07, 6.45) is -0.249. The Morgan fingerprint density at radius 1 is 1.00 bits per heavy atom. The summed E-state index contributed by atoms with van der Waals surface area (Å²) in [4.78, 5) is 11.9. The van der Waals surface area contributed by atoms with Gasteiger partial charge < -0.3 is 5.32 Å². The molecule has 0 aromatic heterocycles. The maximum Gasteiger partial charge on any atom is 0.161 e. The molecule has 4 nitrogen and oxygen atoms in total. The molecule has 0 saturated carbocycles. The van der Waals surface area contributed by atoms with Crippen molar-refractivity contribution in [2.24, 2.45) is 9.98 Å². The van der Waals surface area contributed by atoms with Gasteiger partial charge >= 0.3 is 0 Å². The molecule has 1 aliphatic heterocycles. The van der Waals surface area contributed by atoms with Gasteiger partial charge in [-0.1, -0.05) is 72.3 Å². The Kier molecular flexibility index (Phi) is 5.74. The number of aliphatic imine (C=N–C) groups is 2. The number of nitrogens with one attached hydrogen (secondary N) is 1. The Balaban J connectivity index is 1.81. The number of fused-ring (bicyclic) bond motifs is 1. The molecule has 146 valence electrons. The summed E-state index contributed by atoms with van der Waals surface area (Å²) >= 11 is 6.34. The molecule has 0 amide bonds. The molecule has 4 rings (SSSR count). The largest absolute Gasteiger partial charge is 0.341 e. The molecule has 1 atom stereocenters. The first-order valence-electron chi connectivity index (χ1n) is 9.56. The number of benzodiazepines with no additional fused rings is 1. The number of rotatable bonds is 4. The predicted octanol–water partition coefficient (Wildman–Crippen LogP) is 5.09. The van der Waals surface area contributed by atoms with Crippen molar-refractivity contribution in [2.45, 2.75) is 12.7 Å². The van der Waals surface area contributed by atoms with Gasteiger partial charge in [0.05, 0.1) is 5.71 Å². The van der Waals surface area contributed by atoms with Crippen molar-refractivity contribution in [3.05, 3.63) is 101 Å². The van der Waals surface area contributed by atoms with Crippen LogP contribution < -0.4 is 5.32 Å². The normalized spacial score (nSPS) is 17.4. The standard InChI is InChI=1S/C24H23ClN4/c1-26-23-24(29(2)16-17-9-5-3-6-10-17)28-22(18-11-7-4-8-12-18)20-15-19(25)13-14-21(20)27-23/h3-15,24H,16H2,1-2H3,(H,26,27). The van der Waals surface area contributed by atoms with Gasteiger partial charge in [0.1, 0.15) is 5.84 Å². The van der Waals surface area contributed by atoms with Crippen LogP contribution >= 0.6 is 11.6 Å². The first kappa shape index (κ1) is 19.4. The summed E-state index contributed by atoms with van der Waals surface area (Å²) in [5.41, 5.74) is 5.10. The lowest BCUT2D eigenvalue weighted by atomic mass is 10.0. The van der Waals surface area contributed by atoms with Crippen molar-refractivity contribution in [1.82, 2.24) is 4.90 Å². The number of halogens is 1. The molecule has 0 bridgehead atoms. The van der Waals surface area contributed by atoms with Crippen molar-refractivity contribution in [3.63, 3.8) is 0 Å². The molecule has 0 aliphatic carbocycles. The molecule has 0 saturated heterocycles. The third-order valence-corrected chi connectivity index (χ3v) is 5.21. The maximum absolute atomic E-state index is 6.34. The van der Waals surface area contributed by atoms with Gasteiger partial charge in [-0.2, -0.15) is 0 Å². The summed E-state index contributed by atoms with van der Waals surface area (Å²) in [6, 6.07) is 26.4. The van der Waals surface area contributed by atoms with Crippen LogP contribution in [-0.2, 0) is 6.54 Å². The van der Waals surface area contributed by atoms with Gasteiger partial charge in [-0.15, -0.1) is 0 Å². The van der Waals surface area contributed by atoms with Gasteiger partial charge in [-0.25, -0.2) is 0 Å². The van der Waals surface area contributed by atoms with Crippen LogP contribution in [0.4, 0.5) is 5.69 Å². The van der Waals surface area contributed by atoms with Gasteiger partial charge in [0.25, 0.3) is 0 Å². The zero-order valence-electron chi connectivity index (χ0n) is 16.5. The van der Waals surface area contributed by atoms with E-state index < -0.39 is 0 Å². The Hall–Kier alpha value is -2.95. The molecular formula is C24H23ClN4. The van der Waals surface area contributed by atoms with Gasteiger partial charge in [-0.3, -0.25) is 14.9 Å². The summed E-state index contributed by atoms with van der Waals surface area (Å²) < 4.78 is 0. The highest BCUT2D eigenvalue weighted by Crippen LogP contribution is 2.28. The van der Waals surface area contributed by atoms with Crippen molar-refractivity contribution in [3.8, 4) is 0 Å². The van der Waals surface area contributed by atoms with Gasteiger partial charge in [-0.05, 0) is 30.8 Å². The number of hydrogen-bond acceptors (Lipinski definition) is 3. The fourth-order valence-electron chi connectivity index (χ4n) is 3.54. The van der Waals surface area contributed by atoms with Crippen molar-refractivity contribution >= 4 is 28.8 Å². The number of hydrogen-bond donors (Lipinski definition) is 1. The third kappa shape index (κ3) is 4.24. The van der Waals surface area contributed by atoms with Crippen LogP contribution in [0, 0.1) is 0 Å². The van der Waals surface area contributed by atoms with E-state index in [9.17, 15) is 0 Å². The van der Waals surface area contributed by atoms with E-state index in [0.29, 0.717) is 5.02 Å². The number of amidine groups is 1. The van der Waals surface area contributed by atoms with Crippen molar-refractivity contribution in [2.75, 3.05) is 19.4 Å². The van der Waals surface area contributed by atoms with Crippen molar-refractivity contribution < 1.29 is 0 Å². The molecule has 3 aromatic rings. The van der Waals surface area contributed by atoms with E-state index in [4.69, 9.17) is 16.6 Å². The van der Waals surface area contributed by atoms with Crippen LogP contribution in [0.1, 0.15) is 16.7 Å². The quantitative estimate of drug-likeness (QED) is 0.660. The molecule has 3 aromatic carbocycles. The zero-order valence-corrected chi connectivity index (χ0v) is 17.3. The Morgan fingerprint density at radius 2 is 1.69 bits per heavy atom. The molecule has 5 heteroatoms. The van der Waals surface area contributed by atoms with Gasteiger partial charge in [0.15, 0.2) is 6.17 Å². The topological polar surface area (TPSA) is 40.0 Å². The highest BCUT2D eigenvalue weighted by Gasteiger charge is 2.27. The van der Waals surface area contributed by atoms with Gasteiger partial charge in [0.2, 0.25) is 0 Å². The van der Waals surface area contributed by atoms with Crippen LogP contribution in [-0.4, -0.2) is 36.7 Å². The first-order valence-corrected chi connectivity index (χ1v) is 9.94. The van der Waals surface area contributed by atoms with Crippen LogP contribution in [0.5, 0.6) is 0 Å². The van der Waals surface area contributed by atoms with E-state index in [1.54, 1.807) is 7.05 Å². The van der Waals surface area contributed by atoms with Crippen LogP contribution in [0.25, 0.3) is 0 Å². The highest BCUT2D eigenvalue weighted by molar-refractivity contribution is 6.32. The molecule has 0 fully saturated rings. The number of nitrogens with zero attached hydrogens (tertiary/aromatic N) is 3. The number of anilines is 1. The number of benzene rings is 3. The molecule has 0 radical (unpaired) electrons. The average Bonchev–Trinajstić information content (AvgIpc) is 2.91. The minimum Gasteiger partial charge on any atom is -0.341 e. The van der Waals surface area contributed by atoms with E-state index in [-0.39, 0.29) is 6.17 Å². The zero-order chi connectivity index (χ0) is 20.2. The van der Waals surface area contributed by atoms with E-state index in [2.05, 4.69) is 58.7 Å². The minimum atomic E-state index is -0.249. The second-order valence-electron chi connectivity index (χ2n) is 7.04. The van der Waals surface area contributed by atoms with E-state index in [1.807, 2.05) is 42.5 Å². The van der Waals surface area contributed by atoms with Crippen molar-refractivity contribution in [1.29, 1.82) is 0 Å². The molecule has 1 unspecified atom stereocenters. The average molecular weight is 403 g/mol. The molecule has 1 heterocycles. The first-order chi connectivity index (χ1) is 14.2. The lowest BCUT2D eigenvalue weighted by Crippen LogP contribution is -2.40. The fraction of sp³-hybridized carbons (Fsp3) is 0.167. The molecular weight excluding hydrogens is 380 g/mol. The summed E-state index contributed by atoms with van der Waals surface area (Å²) in [6.45, 7) is 0.759. The Bertz CT molecular complexity index is 1040. The lowest BCUT2D eigenvalue weighted by molar-refractivity contribution is 0.295. The summed E-state index contributed by atoms with van der Waals surface area (Å²) in [7, 11) is 3.86. The second-order valence-corrected chi connectivity index (χ2v) is 7.48. The SMILES string of the molecule is CN=C1Nc2ccc(Cl)cc2C(c2ccccc2)=NC1N(C)Cc1ccccc1. The third-order valence-electron chi connectivity index (χ3n) is 4.98. The van der Waals surface area contributed by atoms with E-state index in [1.165, 1.54) is 5.56 Å². The smallest absolute Gasteiger partial charge is 0.161 e. The molecule has 0 spiro atoms. The number of likely N-dealkylation sites (N-methyl/N-ethyl adjacent to an activating group) is 1. The maximum atomic E-state index is 6.34. The van der Waals surface area contributed by atoms with Crippen LogP contribution in [0.2, 0.25) is 5.02 Å². The molecule has 29 heavy (non-hydrogen) atoms. The molecule has 1 N–H and O–H groups in total. The van der Waals surface area contributed by atoms with E-state index in [0.717, 1.165) is 34.9 Å². The monoisotopic (exact) mass is 402 g/mol. The molecule has 1 aliphatic rings. The summed E-state index contributed by atoms with van der Waals surface area (Å²) in [5.74, 6) is 0.804. The van der Waals surface area contributed by atoms with E-state index >= 15 is 0 Å². The van der Waals surface area contributed by atoms with Crippen LogP contribution in [0.3, 0.4) is 0 Å². The summed E-state index contributed by atoms with van der Waals surface area (Å²) in [5, 5.41) is 4.17. The Labute approximate surface area is 176 Å². The minimum absolute atomic E-state index is 0.249. The fourth-order valence-corrected chi connectivity index (χ4v) is 3.71. The Morgan fingerprint density at radius 3 is 2.38 bits per heavy atom. The second kappa shape index (κ2) is 8.60. The predicted molar refractivity (Wildman–Crippen MR) is 122 cm³/mol. The highest BCUT2D eigenvalue weighted by atomic mass is 35.5. The van der Waals surface area contributed by atoms with Gasteiger partial charge in [0, 0.05) is 35.4 Å². The van der Waals surface area contributed by atoms with Crippen LogP contribution in [0.15, 0.2) is 88.8 Å².